The van der Waals surface area contributed by atoms with Gasteiger partial charge >= 0.3 is 6.09 Å². The van der Waals surface area contributed by atoms with Gasteiger partial charge in [-0.15, -0.1) is 16.7 Å². The Morgan fingerprint density at radius 3 is 2.62 bits per heavy atom. The molecule has 0 saturated carbocycles. The molecule has 0 N–H and O–H groups in total. The lowest BCUT2D eigenvalue weighted by molar-refractivity contribution is 0.0926. The highest BCUT2D eigenvalue weighted by Gasteiger charge is 2.20. The van der Waals surface area contributed by atoms with Gasteiger partial charge in [0.25, 0.3) is 0 Å². The normalized spacial score (nSPS) is 10.6. The van der Waals surface area contributed by atoms with Crippen LogP contribution in [-0.4, -0.2) is 35.5 Å². The number of hydroxylamine groups is 1. The standard InChI is InChI=1S/C20H19Cl2N3O4/c1-27-20(26)25(29-13-11-21)18-5-3-2-4-15(18)14-28-19-10-12-24(23-19)17-8-6-16(22)7-9-17/h2-10,12H,11,13-14H2,1H3. The number of carbonyl (C=O) groups is 1. The number of methoxy groups -OCH3 is 1. The highest BCUT2D eigenvalue weighted by atomic mass is 35.5. The van der Waals surface area contributed by atoms with Crippen LogP contribution in [0, 0.1) is 0 Å². The van der Waals surface area contributed by atoms with Gasteiger partial charge < -0.3 is 9.47 Å². The van der Waals surface area contributed by atoms with Gasteiger partial charge in [0.05, 0.1) is 25.1 Å². The van der Waals surface area contributed by atoms with E-state index in [-0.39, 0.29) is 19.1 Å². The van der Waals surface area contributed by atoms with E-state index in [2.05, 4.69) is 5.10 Å². The van der Waals surface area contributed by atoms with E-state index in [9.17, 15) is 4.79 Å². The Kier molecular flexibility index (Phi) is 7.35. The first-order valence-corrected chi connectivity index (χ1v) is 9.63. The molecule has 7 nitrogen and oxygen atoms in total. The van der Waals surface area contributed by atoms with Crippen molar-refractivity contribution in [3.8, 4) is 11.6 Å². The molecule has 0 saturated heterocycles. The van der Waals surface area contributed by atoms with E-state index < -0.39 is 6.09 Å². The highest BCUT2D eigenvalue weighted by Crippen LogP contribution is 2.24. The highest BCUT2D eigenvalue weighted by molar-refractivity contribution is 6.30. The Morgan fingerprint density at radius 1 is 1.14 bits per heavy atom. The van der Waals surface area contributed by atoms with Gasteiger partial charge in [0.1, 0.15) is 6.61 Å². The zero-order valence-corrected chi connectivity index (χ0v) is 17.1. The van der Waals surface area contributed by atoms with Crippen molar-refractivity contribution >= 4 is 35.0 Å². The van der Waals surface area contributed by atoms with Gasteiger partial charge in [-0.25, -0.2) is 9.48 Å². The maximum Gasteiger partial charge on any atom is 0.438 e. The Hall–Kier alpha value is -2.74. The van der Waals surface area contributed by atoms with Crippen LogP contribution in [0.1, 0.15) is 5.56 Å². The molecular formula is C20H19Cl2N3O4. The molecule has 1 amide bonds. The number of para-hydroxylation sites is 1. The molecule has 0 spiro atoms. The summed E-state index contributed by atoms with van der Waals surface area (Å²) in [6.07, 6.45) is 1.13. The first-order chi connectivity index (χ1) is 14.1. The zero-order chi connectivity index (χ0) is 20.6. The van der Waals surface area contributed by atoms with Gasteiger partial charge in [-0.3, -0.25) is 4.84 Å². The van der Waals surface area contributed by atoms with Gasteiger partial charge in [-0.2, -0.15) is 5.06 Å². The maximum absolute atomic E-state index is 12.1. The van der Waals surface area contributed by atoms with Crippen molar-refractivity contribution in [2.24, 2.45) is 0 Å². The molecule has 29 heavy (non-hydrogen) atoms. The Balaban J connectivity index is 1.74. The Labute approximate surface area is 178 Å². The summed E-state index contributed by atoms with van der Waals surface area (Å²) in [5, 5.41) is 6.11. The average molecular weight is 436 g/mol. The van der Waals surface area contributed by atoms with Crippen LogP contribution in [0.2, 0.25) is 5.02 Å². The molecule has 0 bridgehead atoms. The predicted molar refractivity (Wildman–Crippen MR) is 111 cm³/mol. The van der Waals surface area contributed by atoms with Crippen LogP contribution < -0.4 is 9.80 Å². The van der Waals surface area contributed by atoms with E-state index in [0.717, 1.165) is 10.8 Å². The molecular weight excluding hydrogens is 417 g/mol. The molecule has 0 aliphatic heterocycles. The summed E-state index contributed by atoms with van der Waals surface area (Å²) >= 11 is 11.6. The van der Waals surface area contributed by atoms with E-state index in [0.29, 0.717) is 22.2 Å². The molecule has 1 heterocycles. The molecule has 0 radical (unpaired) electrons. The van der Waals surface area contributed by atoms with E-state index in [1.807, 2.05) is 24.3 Å². The van der Waals surface area contributed by atoms with E-state index in [1.165, 1.54) is 7.11 Å². The molecule has 0 fully saturated rings. The minimum Gasteiger partial charge on any atom is -0.472 e. The lowest BCUT2D eigenvalue weighted by Gasteiger charge is -2.22. The SMILES string of the molecule is COC(=O)N(OCCCl)c1ccccc1COc1ccn(-c2ccc(Cl)cc2)n1. The summed E-state index contributed by atoms with van der Waals surface area (Å²) in [6.45, 7) is 0.322. The third kappa shape index (κ3) is 5.41. The number of aromatic nitrogens is 2. The van der Waals surface area contributed by atoms with Crippen LogP contribution in [-0.2, 0) is 16.2 Å². The first kappa shape index (κ1) is 21.0. The monoisotopic (exact) mass is 435 g/mol. The molecule has 0 atom stereocenters. The van der Waals surface area contributed by atoms with Gasteiger partial charge in [0.2, 0.25) is 5.88 Å². The minimum absolute atomic E-state index is 0.150. The van der Waals surface area contributed by atoms with Crippen LogP contribution in [0.4, 0.5) is 10.5 Å². The topological polar surface area (TPSA) is 65.8 Å². The average Bonchev–Trinajstić information content (AvgIpc) is 3.22. The summed E-state index contributed by atoms with van der Waals surface area (Å²) in [5.74, 6) is 0.662. The third-order valence-electron chi connectivity index (χ3n) is 3.88. The fourth-order valence-corrected chi connectivity index (χ4v) is 2.73. The van der Waals surface area contributed by atoms with Crippen LogP contribution in [0.25, 0.3) is 5.69 Å². The molecule has 1 aromatic heterocycles. The molecule has 0 aliphatic rings. The molecule has 3 aromatic rings. The second-order valence-corrected chi connectivity index (χ2v) is 6.59. The number of hydrogen-bond acceptors (Lipinski definition) is 5. The van der Waals surface area contributed by atoms with Gasteiger partial charge in [-0.05, 0) is 30.3 Å². The summed E-state index contributed by atoms with van der Waals surface area (Å²) in [7, 11) is 1.28. The fraction of sp³-hybridized carbons (Fsp3) is 0.200. The number of benzene rings is 2. The summed E-state index contributed by atoms with van der Waals surface area (Å²) in [5.41, 5.74) is 2.08. The maximum atomic E-state index is 12.1. The Morgan fingerprint density at radius 2 is 1.90 bits per heavy atom. The molecule has 9 heteroatoms. The van der Waals surface area contributed by atoms with Crippen LogP contribution in [0.15, 0.2) is 60.8 Å². The minimum atomic E-state index is -0.658. The van der Waals surface area contributed by atoms with E-state index in [4.69, 9.17) is 37.5 Å². The second-order valence-electron chi connectivity index (χ2n) is 5.78. The number of ether oxygens (including phenoxy) is 2. The van der Waals surface area contributed by atoms with Gasteiger partial charge in [0, 0.05) is 28.7 Å². The number of carbonyl (C=O) groups excluding carboxylic acids is 1. The van der Waals surface area contributed by atoms with Crippen molar-refractivity contribution in [3.05, 3.63) is 71.4 Å². The third-order valence-corrected chi connectivity index (χ3v) is 4.29. The van der Waals surface area contributed by atoms with Crippen LogP contribution >= 0.6 is 23.2 Å². The van der Waals surface area contributed by atoms with Crippen molar-refractivity contribution in [2.75, 3.05) is 24.7 Å². The van der Waals surface area contributed by atoms with Crippen LogP contribution in [0.3, 0.4) is 0 Å². The lowest BCUT2D eigenvalue weighted by atomic mass is 10.2. The zero-order valence-electron chi connectivity index (χ0n) is 15.6. The van der Waals surface area contributed by atoms with Gasteiger partial charge in [0.15, 0.2) is 0 Å². The number of anilines is 1. The first-order valence-electron chi connectivity index (χ1n) is 8.71. The van der Waals surface area contributed by atoms with Crippen molar-refractivity contribution in [3.63, 3.8) is 0 Å². The van der Waals surface area contributed by atoms with Crippen molar-refractivity contribution < 1.29 is 19.1 Å². The van der Waals surface area contributed by atoms with Crippen molar-refractivity contribution in [1.29, 1.82) is 0 Å². The van der Waals surface area contributed by atoms with Crippen molar-refractivity contribution in [2.45, 2.75) is 6.61 Å². The number of rotatable bonds is 8. The van der Waals surface area contributed by atoms with E-state index >= 15 is 0 Å². The summed E-state index contributed by atoms with van der Waals surface area (Å²) in [4.78, 5) is 17.5. The molecule has 3 rings (SSSR count). The van der Waals surface area contributed by atoms with Crippen LogP contribution in [0.5, 0.6) is 5.88 Å². The number of hydrogen-bond donors (Lipinski definition) is 0. The second kappa shape index (κ2) is 10.2. The number of alkyl halides is 1. The van der Waals surface area contributed by atoms with E-state index in [1.54, 1.807) is 41.2 Å². The Bertz CT molecular complexity index is 947. The number of nitrogens with zero attached hydrogens (tertiary/aromatic N) is 3. The largest absolute Gasteiger partial charge is 0.472 e. The molecule has 152 valence electrons. The number of halogens is 2. The lowest BCUT2D eigenvalue weighted by Crippen LogP contribution is -2.32. The predicted octanol–water partition coefficient (Wildman–Crippen LogP) is 4.85. The summed E-state index contributed by atoms with van der Waals surface area (Å²) in [6, 6.07) is 16.2. The molecule has 0 aliphatic carbocycles. The quantitative estimate of drug-likeness (QED) is 0.373. The number of amides is 1. The summed E-state index contributed by atoms with van der Waals surface area (Å²) < 4.78 is 12.3. The molecule has 0 unspecified atom stereocenters. The van der Waals surface area contributed by atoms with Gasteiger partial charge in [-0.1, -0.05) is 29.8 Å². The molecule has 2 aromatic carbocycles. The smallest absolute Gasteiger partial charge is 0.438 e. The van der Waals surface area contributed by atoms with Crippen molar-refractivity contribution in [1.82, 2.24) is 9.78 Å². The fourth-order valence-electron chi connectivity index (χ4n) is 2.53.